The summed E-state index contributed by atoms with van der Waals surface area (Å²) in [6.45, 7) is 4.33. The summed E-state index contributed by atoms with van der Waals surface area (Å²) in [5.41, 5.74) is 8.67. The number of nitrogens with zero attached hydrogens (tertiary/aromatic N) is 2. The summed E-state index contributed by atoms with van der Waals surface area (Å²) in [5.74, 6) is 2.13. The van der Waals surface area contributed by atoms with Crippen LogP contribution in [0.3, 0.4) is 0 Å². The Morgan fingerprint density at radius 1 is 1.08 bits per heavy atom. The third kappa shape index (κ3) is 8.41. The summed E-state index contributed by atoms with van der Waals surface area (Å²) >= 11 is 3.32. The Morgan fingerprint density at radius 2 is 1.54 bits per heavy atom. The molecule has 0 aliphatic rings. The van der Waals surface area contributed by atoms with E-state index in [-0.39, 0.29) is 0 Å². The van der Waals surface area contributed by atoms with Crippen molar-refractivity contribution in [1.82, 2.24) is 0 Å². The molecular weight excluding hydrogens is 200 g/mol. The average Bonchev–Trinajstić information content (AvgIpc) is 2.16. The van der Waals surface area contributed by atoms with E-state index >= 15 is 0 Å². The van der Waals surface area contributed by atoms with Crippen LogP contribution < -0.4 is 0 Å². The van der Waals surface area contributed by atoms with E-state index in [4.69, 9.17) is 5.53 Å². The summed E-state index contributed by atoms with van der Waals surface area (Å²) in [4.78, 5) is 3.27. The second-order valence-electron chi connectivity index (χ2n) is 2.77. The minimum absolute atomic E-state index is 0.821. The van der Waals surface area contributed by atoms with Gasteiger partial charge in [0.2, 0.25) is 0 Å². The first-order chi connectivity index (χ1) is 6.35. The molecule has 2 nitrogen and oxygen atoms in total. The van der Waals surface area contributed by atoms with Crippen molar-refractivity contribution >= 4 is 27.9 Å². The van der Waals surface area contributed by atoms with Crippen LogP contribution in [0.15, 0.2) is 0 Å². The molecule has 4 heteroatoms. The van der Waals surface area contributed by atoms with Crippen LogP contribution in [0.4, 0.5) is 0 Å². The Hall–Kier alpha value is 0.0800. The number of hydrogen-bond donors (Lipinski definition) is 0. The minimum atomic E-state index is 0.821. The molecule has 76 valence electrons. The largest absolute Gasteiger partial charge is 0.383 e. The standard InChI is InChI=1S/C9H18N2S2/c1-3-5-7-12-9(11-10)13-8-6-4-2/h3-8H2,1-2H3. The molecule has 0 heterocycles. The molecule has 0 atom stereocenters. The van der Waals surface area contributed by atoms with Crippen molar-refractivity contribution < 1.29 is 4.79 Å². The highest BCUT2D eigenvalue weighted by molar-refractivity contribution is 8.38. The lowest BCUT2D eigenvalue weighted by Crippen LogP contribution is -1.92. The topological polar surface area (TPSA) is 36.4 Å². The van der Waals surface area contributed by atoms with Crippen LogP contribution in [0.5, 0.6) is 0 Å². The first-order valence-corrected chi connectivity index (χ1v) is 6.79. The van der Waals surface area contributed by atoms with Crippen molar-refractivity contribution in [3.05, 3.63) is 5.53 Å². The molecule has 0 saturated carbocycles. The van der Waals surface area contributed by atoms with Crippen molar-refractivity contribution in [2.24, 2.45) is 0 Å². The molecular formula is C9H18N2S2. The summed E-state index contributed by atoms with van der Waals surface area (Å²) in [6.07, 6.45) is 4.78. The van der Waals surface area contributed by atoms with Gasteiger partial charge in [0.1, 0.15) is 0 Å². The van der Waals surface area contributed by atoms with Gasteiger partial charge in [-0.15, -0.1) is 0 Å². The van der Waals surface area contributed by atoms with Gasteiger partial charge in [-0.1, -0.05) is 26.7 Å². The van der Waals surface area contributed by atoms with Gasteiger partial charge >= 0.3 is 4.38 Å². The molecule has 0 unspecified atom stereocenters. The predicted octanol–water partition coefficient (Wildman–Crippen LogP) is 3.64. The third-order valence-corrected chi connectivity index (χ3v) is 3.88. The van der Waals surface area contributed by atoms with Gasteiger partial charge in [-0.3, -0.25) is 0 Å². The quantitative estimate of drug-likeness (QED) is 0.224. The van der Waals surface area contributed by atoms with Gasteiger partial charge in [0.05, 0.1) is 0 Å². The zero-order valence-electron chi connectivity index (χ0n) is 8.45. The summed E-state index contributed by atoms with van der Waals surface area (Å²) in [6, 6.07) is 0. The van der Waals surface area contributed by atoms with E-state index in [9.17, 15) is 0 Å². The first kappa shape index (κ1) is 13.1. The number of hydrogen-bond acceptors (Lipinski definition) is 2. The van der Waals surface area contributed by atoms with Gasteiger partial charge in [0, 0.05) is 11.5 Å². The molecule has 0 bridgehead atoms. The number of unbranched alkanes of at least 4 members (excludes halogenated alkanes) is 2. The molecule has 0 spiro atoms. The molecule has 0 saturated heterocycles. The fraction of sp³-hybridized carbons (Fsp3) is 0.889. The Kier molecular flexibility index (Phi) is 10.2. The molecule has 0 N–H and O–H groups in total. The van der Waals surface area contributed by atoms with Crippen LogP contribution in [0, 0.1) is 0 Å². The number of thioether (sulfide) groups is 2. The van der Waals surface area contributed by atoms with Crippen LogP contribution in [0.2, 0.25) is 0 Å². The minimum Gasteiger partial charge on any atom is -0.359 e. The van der Waals surface area contributed by atoms with Crippen molar-refractivity contribution in [1.29, 1.82) is 0 Å². The second kappa shape index (κ2) is 10.2. The third-order valence-electron chi connectivity index (χ3n) is 1.53. The van der Waals surface area contributed by atoms with E-state index in [0.29, 0.717) is 0 Å². The van der Waals surface area contributed by atoms with Crippen LogP contribution >= 0.6 is 23.5 Å². The maximum atomic E-state index is 8.67. The fourth-order valence-corrected chi connectivity index (χ4v) is 2.87. The highest BCUT2D eigenvalue weighted by atomic mass is 32.2. The maximum Gasteiger partial charge on any atom is 0.383 e. The van der Waals surface area contributed by atoms with Crippen molar-refractivity contribution in [3.8, 4) is 0 Å². The highest BCUT2D eigenvalue weighted by Crippen LogP contribution is 2.17. The van der Waals surface area contributed by atoms with Gasteiger partial charge in [0.15, 0.2) is 0 Å². The van der Waals surface area contributed by atoms with Gasteiger partial charge in [-0.05, 0) is 36.4 Å². The normalized spacial score (nSPS) is 9.69. The Balaban J connectivity index is 3.47. The van der Waals surface area contributed by atoms with E-state index in [1.807, 2.05) is 0 Å². The van der Waals surface area contributed by atoms with E-state index < -0.39 is 0 Å². The second-order valence-corrected chi connectivity index (χ2v) is 5.20. The van der Waals surface area contributed by atoms with E-state index in [1.54, 1.807) is 23.5 Å². The van der Waals surface area contributed by atoms with Crippen LogP contribution in [0.1, 0.15) is 39.5 Å². The van der Waals surface area contributed by atoms with E-state index in [2.05, 4.69) is 18.6 Å². The summed E-state index contributed by atoms with van der Waals surface area (Å²) < 4.78 is 0.821. The monoisotopic (exact) mass is 218 g/mol. The molecule has 13 heavy (non-hydrogen) atoms. The average molecular weight is 218 g/mol. The van der Waals surface area contributed by atoms with Crippen molar-refractivity contribution in [2.75, 3.05) is 11.5 Å². The van der Waals surface area contributed by atoms with Gasteiger partial charge in [-0.2, -0.15) is 4.79 Å². The summed E-state index contributed by atoms with van der Waals surface area (Å²) in [5, 5.41) is 0. The lowest BCUT2D eigenvalue weighted by molar-refractivity contribution is 0.00552. The Bertz CT molecular complexity index is 153. The molecule has 0 aromatic heterocycles. The smallest absolute Gasteiger partial charge is 0.359 e. The molecule has 0 amide bonds. The zero-order valence-corrected chi connectivity index (χ0v) is 10.1. The highest BCUT2D eigenvalue weighted by Gasteiger charge is 2.08. The van der Waals surface area contributed by atoms with Crippen molar-refractivity contribution in [2.45, 2.75) is 39.5 Å². The summed E-state index contributed by atoms with van der Waals surface area (Å²) in [7, 11) is 0. The van der Waals surface area contributed by atoms with E-state index in [0.717, 1.165) is 15.9 Å². The van der Waals surface area contributed by atoms with Gasteiger partial charge < -0.3 is 5.53 Å². The fourth-order valence-electron chi connectivity index (χ4n) is 0.707. The molecule has 0 aromatic rings. The van der Waals surface area contributed by atoms with Crippen LogP contribution in [-0.2, 0) is 0 Å². The SMILES string of the molecule is CCCCSC(=[N+]=[N-])SCCCC. The number of rotatable bonds is 6. The molecule has 0 fully saturated rings. The molecule has 0 aliphatic heterocycles. The van der Waals surface area contributed by atoms with Crippen LogP contribution in [0.25, 0.3) is 5.53 Å². The predicted molar refractivity (Wildman–Crippen MR) is 63.4 cm³/mol. The van der Waals surface area contributed by atoms with Crippen molar-refractivity contribution in [3.63, 3.8) is 0 Å². The zero-order chi connectivity index (χ0) is 9.94. The lowest BCUT2D eigenvalue weighted by Gasteiger charge is -1.95. The maximum absolute atomic E-state index is 8.67. The van der Waals surface area contributed by atoms with E-state index in [1.165, 1.54) is 25.7 Å². The Labute approximate surface area is 89.5 Å². The van der Waals surface area contributed by atoms with Gasteiger partial charge in [-0.25, -0.2) is 0 Å². The van der Waals surface area contributed by atoms with Crippen LogP contribution in [-0.4, -0.2) is 20.7 Å². The molecule has 0 aliphatic carbocycles. The molecule has 0 radical (unpaired) electrons. The first-order valence-electron chi connectivity index (χ1n) is 4.82. The Morgan fingerprint density at radius 3 is 1.85 bits per heavy atom. The lowest BCUT2D eigenvalue weighted by atomic mass is 10.4. The molecule has 0 aromatic carbocycles. The van der Waals surface area contributed by atoms with Gasteiger partial charge in [0.25, 0.3) is 0 Å². The molecule has 0 rings (SSSR count).